The van der Waals surface area contributed by atoms with Crippen LogP contribution < -0.4 is 0 Å². The number of allylic oxidation sites excluding steroid dienone is 10. The van der Waals surface area contributed by atoms with Gasteiger partial charge in [-0.3, -0.25) is 0 Å². The molecule has 2 aliphatic carbocycles. The highest BCUT2D eigenvalue weighted by Crippen LogP contribution is 2.40. The van der Waals surface area contributed by atoms with Crippen molar-refractivity contribution in [3.63, 3.8) is 0 Å². The summed E-state index contributed by atoms with van der Waals surface area (Å²) in [6.07, 6.45) is 14.4. The van der Waals surface area contributed by atoms with Crippen LogP contribution in [-0.2, 0) is 0 Å². The second-order valence-electron chi connectivity index (χ2n) is 5.06. The maximum Gasteiger partial charge on any atom is 0.0345 e. The van der Waals surface area contributed by atoms with Crippen LogP contribution in [0.25, 0.3) is 11.1 Å². The normalized spacial score (nSPS) is 17.3. The van der Waals surface area contributed by atoms with E-state index in [1.54, 1.807) is 0 Å². The molecule has 102 valence electrons. The monoisotopic (exact) mass is 306 g/mol. The van der Waals surface area contributed by atoms with E-state index in [4.69, 9.17) is 0 Å². The Kier molecular flexibility index (Phi) is 3.34. The van der Waals surface area contributed by atoms with Gasteiger partial charge in [-0.2, -0.15) is 0 Å². The summed E-state index contributed by atoms with van der Waals surface area (Å²) in [7, 11) is 0. The van der Waals surface area contributed by atoms with Crippen LogP contribution in [0, 0.1) is 0 Å². The molecule has 2 aromatic heterocycles. The summed E-state index contributed by atoms with van der Waals surface area (Å²) in [5.74, 6) is 0. The molecule has 21 heavy (non-hydrogen) atoms. The van der Waals surface area contributed by atoms with Gasteiger partial charge in [0.15, 0.2) is 0 Å². The zero-order valence-corrected chi connectivity index (χ0v) is 13.1. The van der Waals surface area contributed by atoms with Crippen LogP contribution in [-0.4, -0.2) is 0 Å². The van der Waals surface area contributed by atoms with E-state index in [-0.39, 0.29) is 0 Å². The Balaban J connectivity index is 1.88. The summed E-state index contributed by atoms with van der Waals surface area (Å²) in [6, 6.07) is 8.66. The highest BCUT2D eigenvalue weighted by atomic mass is 32.1. The molecule has 2 heteroatoms. The lowest BCUT2D eigenvalue weighted by molar-refractivity contribution is 1.24. The molecule has 0 fully saturated rings. The van der Waals surface area contributed by atoms with Crippen LogP contribution in [0.4, 0.5) is 0 Å². The summed E-state index contributed by atoms with van der Waals surface area (Å²) >= 11 is 3.62. The number of hydrogen-bond donors (Lipinski definition) is 0. The molecule has 0 aliphatic heterocycles. The third-order valence-electron chi connectivity index (χ3n) is 3.77. The predicted molar refractivity (Wildman–Crippen MR) is 94.5 cm³/mol. The Morgan fingerprint density at radius 3 is 1.62 bits per heavy atom. The minimum atomic E-state index is 1.00. The van der Waals surface area contributed by atoms with E-state index in [0.29, 0.717) is 0 Å². The highest BCUT2D eigenvalue weighted by Gasteiger charge is 2.18. The zero-order chi connectivity index (χ0) is 14.1. The number of fused-ring (bicyclic) bond motifs is 2. The maximum atomic E-state index is 2.28. The first-order valence-corrected chi connectivity index (χ1v) is 8.74. The van der Waals surface area contributed by atoms with Gasteiger partial charge in [-0.15, -0.1) is 22.7 Å². The molecule has 2 aromatic rings. The van der Waals surface area contributed by atoms with E-state index in [0.717, 1.165) is 6.42 Å². The SMILES string of the molecule is C1=CC=C2CC(=C1)C(c1cccs1)=CC=C2c1cccs1. The first-order valence-electron chi connectivity index (χ1n) is 6.99. The zero-order valence-electron chi connectivity index (χ0n) is 11.5. The van der Waals surface area contributed by atoms with Crippen molar-refractivity contribution in [2.75, 3.05) is 0 Å². The van der Waals surface area contributed by atoms with Gasteiger partial charge in [0.2, 0.25) is 0 Å². The van der Waals surface area contributed by atoms with Crippen molar-refractivity contribution in [1.29, 1.82) is 0 Å². The molecule has 0 nitrogen and oxygen atoms in total. The minimum Gasteiger partial charge on any atom is -0.144 e. The van der Waals surface area contributed by atoms with Crippen molar-refractivity contribution >= 4 is 33.8 Å². The van der Waals surface area contributed by atoms with E-state index < -0.39 is 0 Å². The molecular formula is C19H14S2. The first-order chi connectivity index (χ1) is 10.4. The smallest absolute Gasteiger partial charge is 0.0345 e. The summed E-state index contributed by atoms with van der Waals surface area (Å²) < 4.78 is 0. The average Bonchev–Trinajstić information content (AvgIpc) is 3.13. The molecule has 0 spiro atoms. The predicted octanol–water partition coefficient (Wildman–Crippen LogP) is 6.10. The molecular weight excluding hydrogens is 292 g/mol. The van der Waals surface area contributed by atoms with Crippen LogP contribution >= 0.6 is 22.7 Å². The van der Waals surface area contributed by atoms with Crippen LogP contribution in [0.3, 0.4) is 0 Å². The van der Waals surface area contributed by atoms with Gasteiger partial charge in [0.25, 0.3) is 0 Å². The van der Waals surface area contributed by atoms with Gasteiger partial charge >= 0.3 is 0 Å². The first kappa shape index (κ1) is 12.8. The molecule has 0 amide bonds. The Morgan fingerprint density at radius 1 is 0.667 bits per heavy atom. The van der Waals surface area contributed by atoms with E-state index in [1.807, 2.05) is 22.7 Å². The lowest BCUT2D eigenvalue weighted by atomic mass is 9.96. The second kappa shape index (κ2) is 5.47. The third kappa shape index (κ3) is 2.41. The van der Waals surface area contributed by atoms with Gasteiger partial charge in [-0.25, -0.2) is 0 Å². The average molecular weight is 306 g/mol. The molecule has 0 aromatic carbocycles. The molecule has 4 rings (SSSR count). The molecule has 0 saturated heterocycles. The Hall–Kier alpha value is -1.90. The minimum absolute atomic E-state index is 1.00. The van der Waals surface area contributed by atoms with Gasteiger partial charge in [-0.05, 0) is 51.6 Å². The second-order valence-corrected chi connectivity index (χ2v) is 6.96. The molecule has 2 heterocycles. The van der Waals surface area contributed by atoms with Crippen molar-refractivity contribution in [1.82, 2.24) is 0 Å². The van der Waals surface area contributed by atoms with Crippen molar-refractivity contribution in [3.05, 3.63) is 92.4 Å². The number of thiophene rings is 2. The standard InChI is InChI=1S/C19H14S2/c1-2-6-15-13-14(5-1)16(18-7-3-11-20-18)9-10-17(15)19-8-4-12-21-19/h1-12H,13H2. The van der Waals surface area contributed by atoms with Gasteiger partial charge in [0, 0.05) is 9.75 Å². The number of hydrogen-bond acceptors (Lipinski definition) is 2. The Labute approximate surface area is 132 Å². The topological polar surface area (TPSA) is 0 Å². The van der Waals surface area contributed by atoms with Crippen LogP contribution in [0.15, 0.2) is 82.6 Å². The third-order valence-corrected chi connectivity index (χ3v) is 5.57. The Bertz CT molecular complexity index is 724. The quantitative estimate of drug-likeness (QED) is 0.628. The van der Waals surface area contributed by atoms with Crippen LogP contribution in [0.1, 0.15) is 16.2 Å². The van der Waals surface area contributed by atoms with Gasteiger partial charge in [0.1, 0.15) is 0 Å². The fourth-order valence-electron chi connectivity index (χ4n) is 2.76. The molecule has 0 radical (unpaired) electrons. The van der Waals surface area contributed by atoms with E-state index >= 15 is 0 Å². The van der Waals surface area contributed by atoms with Crippen LogP contribution in [0.2, 0.25) is 0 Å². The van der Waals surface area contributed by atoms with E-state index in [9.17, 15) is 0 Å². The van der Waals surface area contributed by atoms with Crippen molar-refractivity contribution in [2.24, 2.45) is 0 Å². The summed E-state index contributed by atoms with van der Waals surface area (Å²) in [4.78, 5) is 2.69. The molecule has 0 atom stereocenters. The van der Waals surface area contributed by atoms with Gasteiger partial charge in [0.05, 0.1) is 0 Å². The highest BCUT2D eigenvalue weighted by molar-refractivity contribution is 7.11. The molecule has 0 N–H and O–H groups in total. The van der Waals surface area contributed by atoms with Crippen molar-refractivity contribution in [2.45, 2.75) is 6.42 Å². The van der Waals surface area contributed by atoms with Crippen molar-refractivity contribution < 1.29 is 0 Å². The maximum absolute atomic E-state index is 2.28. The molecule has 2 aliphatic rings. The fraction of sp³-hybridized carbons (Fsp3) is 0.0526. The fourth-order valence-corrected chi connectivity index (χ4v) is 4.34. The summed E-state index contributed by atoms with van der Waals surface area (Å²) in [6.45, 7) is 0. The summed E-state index contributed by atoms with van der Waals surface area (Å²) in [5, 5.41) is 4.30. The lowest BCUT2D eigenvalue weighted by Crippen LogP contribution is -1.90. The molecule has 0 saturated carbocycles. The van der Waals surface area contributed by atoms with Crippen molar-refractivity contribution in [3.8, 4) is 0 Å². The largest absolute Gasteiger partial charge is 0.144 e. The van der Waals surface area contributed by atoms with Gasteiger partial charge in [-0.1, -0.05) is 48.6 Å². The molecule has 2 bridgehead atoms. The summed E-state index contributed by atoms with van der Waals surface area (Å²) in [5.41, 5.74) is 5.52. The van der Waals surface area contributed by atoms with E-state index in [1.165, 1.54) is 32.0 Å². The lowest BCUT2D eigenvalue weighted by Gasteiger charge is -2.10. The Morgan fingerprint density at radius 2 is 1.19 bits per heavy atom. The molecule has 0 unspecified atom stereocenters. The number of rotatable bonds is 2. The van der Waals surface area contributed by atoms with Gasteiger partial charge < -0.3 is 0 Å². The van der Waals surface area contributed by atoms with Crippen LogP contribution in [0.5, 0.6) is 0 Å². The van der Waals surface area contributed by atoms with E-state index in [2.05, 4.69) is 71.5 Å².